The number of hydrogen-bond acceptors (Lipinski definition) is 4. The van der Waals surface area contributed by atoms with Gasteiger partial charge in [0.05, 0.1) is 0 Å². The fourth-order valence-electron chi connectivity index (χ4n) is 6.99. The molecule has 4 heteroatoms. The van der Waals surface area contributed by atoms with Crippen LogP contribution in [0.4, 0.5) is 0 Å². The van der Waals surface area contributed by atoms with Crippen molar-refractivity contribution < 1.29 is 19.1 Å². The summed E-state index contributed by atoms with van der Waals surface area (Å²) in [4.78, 5) is 36.3. The van der Waals surface area contributed by atoms with Crippen LogP contribution in [-0.4, -0.2) is 24.1 Å². The van der Waals surface area contributed by atoms with Crippen molar-refractivity contribution in [1.29, 1.82) is 0 Å². The maximum atomic E-state index is 12.6. The molecular formula is C22H30O4. The summed E-state index contributed by atoms with van der Waals surface area (Å²) in [5.74, 6) is 2.22. The molecule has 0 aliphatic heterocycles. The van der Waals surface area contributed by atoms with Crippen molar-refractivity contribution in [2.75, 3.05) is 6.61 Å². The second-order valence-electron chi connectivity index (χ2n) is 9.46. The molecule has 0 spiro atoms. The van der Waals surface area contributed by atoms with E-state index in [1.54, 1.807) is 0 Å². The molecule has 0 N–H and O–H groups in total. The van der Waals surface area contributed by atoms with E-state index in [1.165, 1.54) is 12.5 Å². The van der Waals surface area contributed by atoms with Crippen molar-refractivity contribution in [2.24, 2.45) is 34.5 Å². The van der Waals surface area contributed by atoms with E-state index in [1.807, 2.05) is 6.08 Å². The zero-order valence-electron chi connectivity index (χ0n) is 16.2. The molecule has 0 aromatic rings. The first kappa shape index (κ1) is 17.9. The molecule has 0 aromatic carbocycles. The lowest BCUT2D eigenvalue weighted by atomic mass is 9.45. The van der Waals surface area contributed by atoms with Crippen LogP contribution in [0.2, 0.25) is 0 Å². The van der Waals surface area contributed by atoms with Crippen LogP contribution < -0.4 is 0 Å². The lowest BCUT2D eigenvalue weighted by molar-refractivity contribution is -0.152. The Morgan fingerprint density at radius 2 is 1.96 bits per heavy atom. The normalized spacial score (nSPS) is 44.7. The third-order valence-corrected chi connectivity index (χ3v) is 8.28. The van der Waals surface area contributed by atoms with Gasteiger partial charge in [-0.25, -0.2) is 0 Å². The molecule has 0 amide bonds. The van der Waals surface area contributed by atoms with Crippen molar-refractivity contribution >= 4 is 17.5 Å². The maximum Gasteiger partial charge on any atom is 0.302 e. The Kier molecular flexibility index (Phi) is 4.16. The SMILES string of the molecule is CC(=O)OC[C@]12CCC(=O)C=C1C[C@@H](C)[C@@H]1[C@@H]2CC[C@]2(C)C(=O)CC[C@@H]12. The number of rotatable bonds is 2. The average Bonchev–Trinajstić information content (AvgIpc) is 2.89. The minimum absolute atomic E-state index is 0.163. The Morgan fingerprint density at radius 1 is 1.19 bits per heavy atom. The van der Waals surface area contributed by atoms with Crippen molar-refractivity contribution in [2.45, 2.75) is 65.7 Å². The van der Waals surface area contributed by atoms with E-state index in [0.29, 0.717) is 42.5 Å². The molecule has 4 aliphatic rings. The summed E-state index contributed by atoms with van der Waals surface area (Å²) in [5.41, 5.74) is 0.852. The fourth-order valence-corrected chi connectivity index (χ4v) is 6.99. The van der Waals surface area contributed by atoms with Crippen LogP contribution in [0.25, 0.3) is 0 Å². The Bertz CT molecular complexity index is 692. The molecule has 4 rings (SSSR count). The number of carbonyl (C=O) groups is 3. The highest BCUT2D eigenvalue weighted by atomic mass is 16.5. The van der Waals surface area contributed by atoms with Gasteiger partial charge in [0.15, 0.2) is 5.78 Å². The van der Waals surface area contributed by atoms with Crippen molar-refractivity contribution in [3.63, 3.8) is 0 Å². The van der Waals surface area contributed by atoms with Gasteiger partial charge < -0.3 is 4.74 Å². The number of ketones is 2. The van der Waals surface area contributed by atoms with Gasteiger partial charge in [-0.2, -0.15) is 0 Å². The monoisotopic (exact) mass is 358 g/mol. The van der Waals surface area contributed by atoms with Crippen molar-refractivity contribution in [3.8, 4) is 0 Å². The number of hydrogen-bond donors (Lipinski definition) is 0. The molecule has 0 bridgehead atoms. The van der Waals surface area contributed by atoms with Gasteiger partial charge in [-0.15, -0.1) is 0 Å². The van der Waals surface area contributed by atoms with Gasteiger partial charge in [0.25, 0.3) is 0 Å². The second kappa shape index (κ2) is 6.03. The van der Waals surface area contributed by atoms with E-state index in [-0.39, 0.29) is 22.6 Å². The summed E-state index contributed by atoms with van der Waals surface area (Å²) < 4.78 is 5.56. The predicted octanol–water partition coefficient (Wildman–Crippen LogP) is 3.88. The highest BCUT2D eigenvalue weighted by Crippen LogP contribution is 2.65. The van der Waals surface area contributed by atoms with Crippen LogP contribution in [0.1, 0.15) is 65.7 Å². The molecule has 3 saturated carbocycles. The van der Waals surface area contributed by atoms with Crippen LogP contribution in [0.15, 0.2) is 11.6 Å². The first-order valence-electron chi connectivity index (χ1n) is 10.2. The first-order valence-corrected chi connectivity index (χ1v) is 10.2. The standard InChI is InChI=1S/C22H30O4/c1-13-10-15-11-16(24)6-9-22(15,12-26-14(2)23)18-7-8-21(3)17(20(13)18)4-5-19(21)25/h11,13,17-18,20H,4-10,12H2,1-3H3/t13-,17+,18+,20+,21+,22-/m1/s1. The topological polar surface area (TPSA) is 60.4 Å². The van der Waals surface area contributed by atoms with Crippen LogP contribution >= 0.6 is 0 Å². The van der Waals surface area contributed by atoms with Gasteiger partial charge in [-0.1, -0.05) is 19.4 Å². The average molecular weight is 358 g/mol. The number of ether oxygens (including phenoxy) is 1. The highest BCUT2D eigenvalue weighted by molar-refractivity contribution is 5.92. The third kappa shape index (κ3) is 2.44. The van der Waals surface area contributed by atoms with Crippen LogP contribution in [0, 0.1) is 34.5 Å². The van der Waals surface area contributed by atoms with Gasteiger partial charge in [0.1, 0.15) is 12.4 Å². The fraction of sp³-hybridized carbons (Fsp3) is 0.773. The smallest absolute Gasteiger partial charge is 0.302 e. The molecule has 3 fully saturated rings. The van der Waals surface area contributed by atoms with Crippen LogP contribution in [-0.2, 0) is 19.1 Å². The lowest BCUT2D eigenvalue weighted by Gasteiger charge is -2.59. The molecule has 142 valence electrons. The summed E-state index contributed by atoms with van der Waals surface area (Å²) in [7, 11) is 0. The van der Waals surface area contributed by atoms with Gasteiger partial charge in [-0.3, -0.25) is 14.4 Å². The van der Waals surface area contributed by atoms with Gasteiger partial charge in [0.2, 0.25) is 0 Å². The molecular weight excluding hydrogens is 328 g/mol. The first-order chi connectivity index (χ1) is 12.3. The van der Waals surface area contributed by atoms with Crippen molar-refractivity contribution in [3.05, 3.63) is 11.6 Å². The summed E-state index contributed by atoms with van der Waals surface area (Å²) in [5, 5.41) is 0. The van der Waals surface area contributed by atoms with Crippen molar-refractivity contribution in [1.82, 2.24) is 0 Å². The van der Waals surface area contributed by atoms with Crippen LogP contribution in [0.3, 0.4) is 0 Å². The van der Waals surface area contributed by atoms with Gasteiger partial charge >= 0.3 is 5.97 Å². The second-order valence-corrected chi connectivity index (χ2v) is 9.46. The minimum atomic E-state index is -0.248. The lowest BCUT2D eigenvalue weighted by Crippen LogP contribution is -2.55. The number of carbonyl (C=O) groups excluding carboxylic acids is 3. The van der Waals surface area contributed by atoms with E-state index >= 15 is 0 Å². The van der Waals surface area contributed by atoms with E-state index in [9.17, 15) is 14.4 Å². The molecule has 0 aromatic heterocycles. The molecule has 0 radical (unpaired) electrons. The molecule has 4 aliphatic carbocycles. The largest absolute Gasteiger partial charge is 0.465 e. The Hall–Kier alpha value is -1.45. The molecule has 0 unspecified atom stereocenters. The zero-order chi connectivity index (χ0) is 18.7. The van der Waals surface area contributed by atoms with E-state index in [0.717, 1.165) is 38.5 Å². The third-order valence-electron chi connectivity index (χ3n) is 8.28. The van der Waals surface area contributed by atoms with Gasteiger partial charge in [0, 0.05) is 30.6 Å². The Morgan fingerprint density at radius 3 is 2.69 bits per heavy atom. The molecule has 4 nitrogen and oxygen atoms in total. The number of esters is 1. The zero-order valence-corrected chi connectivity index (χ0v) is 16.2. The van der Waals surface area contributed by atoms with E-state index in [4.69, 9.17) is 4.74 Å². The number of fused-ring (bicyclic) bond motifs is 5. The Balaban J connectivity index is 1.75. The molecule has 26 heavy (non-hydrogen) atoms. The van der Waals surface area contributed by atoms with E-state index in [2.05, 4.69) is 13.8 Å². The summed E-state index contributed by atoms with van der Waals surface area (Å²) in [6, 6.07) is 0. The Labute approximate surface area is 155 Å². The predicted molar refractivity (Wildman–Crippen MR) is 97.2 cm³/mol. The number of Topliss-reactive ketones (excluding diaryl/α,β-unsaturated/α-hetero) is 1. The maximum absolute atomic E-state index is 12.6. The summed E-state index contributed by atoms with van der Waals surface area (Å²) in [6.07, 6.45) is 7.74. The molecule has 0 heterocycles. The van der Waals surface area contributed by atoms with E-state index < -0.39 is 0 Å². The minimum Gasteiger partial charge on any atom is -0.465 e. The summed E-state index contributed by atoms with van der Waals surface area (Å²) >= 11 is 0. The van der Waals surface area contributed by atoms with Crippen LogP contribution in [0.5, 0.6) is 0 Å². The summed E-state index contributed by atoms with van der Waals surface area (Å²) in [6.45, 7) is 6.34. The quantitative estimate of drug-likeness (QED) is 0.703. The highest BCUT2D eigenvalue weighted by Gasteiger charge is 2.62. The van der Waals surface area contributed by atoms with Gasteiger partial charge in [-0.05, 0) is 61.9 Å². The molecule has 6 atom stereocenters. The molecule has 0 saturated heterocycles.